The molecule has 1 aliphatic rings. The summed E-state index contributed by atoms with van der Waals surface area (Å²) >= 11 is 6.06. The Balaban J connectivity index is 1.73. The van der Waals surface area contributed by atoms with E-state index in [0.717, 1.165) is 5.56 Å². The van der Waals surface area contributed by atoms with Gasteiger partial charge in [0.05, 0.1) is 30.6 Å². The van der Waals surface area contributed by atoms with Crippen LogP contribution < -0.4 is 10.0 Å². The summed E-state index contributed by atoms with van der Waals surface area (Å²) in [6, 6.07) is 13.8. The molecular weight excluding hydrogens is 521 g/mol. The Morgan fingerprint density at radius 3 is 2.35 bits per heavy atom. The Hall–Kier alpha value is -2.48. The van der Waals surface area contributed by atoms with Crippen molar-refractivity contribution in [3.05, 3.63) is 65.2 Å². The van der Waals surface area contributed by atoms with Crippen LogP contribution in [0.2, 0.25) is 5.02 Å². The van der Waals surface area contributed by atoms with Crippen LogP contribution in [0.4, 0.5) is 0 Å². The minimum absolute atomic E-state index is 0.0433. The van der Waals surface area contributed by atoms with E-state index in [1.165, 1.54) is 23.1 Å². The molecule has 0 spiro atoms. The Bertz CT molecular complexity index is 1150. The van der Waals surface area contributed by atoms with Gasteiger partial charge in [0.1, 0.15) is 10.9 Å². The number of ether oxygens (including phenoxy) is 1. The number of carbonyl (C=O) groups excluding carboxylic acids is 2. The molecule has 0 unspecified atom stereocenters. The van der Waals surface area contributed by atoms with Crippen LogP contribution in [0, 0.1) is 0 Å². The third-order valence-corrected chi connectivity index (χ3v) is 7.97. The fourth-order valence-electron chi connectivity index (χ4n) is 3.97. The van der Waals surface area contributed by atoms with E-state index in [4.69, 9.17) is 16.3 Å². The monoisotopic (exact) mass is 551 g/mol. The van der Waals surface area contributed by atoms with Crippen LogP contribution in [-0.4, -0.2) is 80.6 Å². The maximum atomic E-state index is 13.2. The maximum Gasteiger partial charge on any atom is 0.475 e. The molecule has 1 aliphatic heterocycles. The number of nitrogens with one attached hydrogen (secondary N) is 2. The predicted molar refractivity (Wildman–Crippen MR) is 139 cm³/mol. The van der Waals surface area contributed by atoms with Crippen molar-refractivity contribution in [2.75, 3.05) is 26.3 Å². The second-order valence-corrected chi connectivity index (χ2v) is 10.8. The summed E-state index contributed by atoms with van der Waals surface area (Å²) in [6.07, 6.45) is 0.945. The molecule has 1 saturated heterocycles. The molecule has 1 fully saturated rings. The largest absolute Gasteiger partial charge is 0.475 e. The van der Waals surface area contributed by atoms with Crippen LogP contribution >= 0.6 is 11.6 Å². The Morgan fingerprint density at radius 2 is 1.70 bits per heavy atom. The molecule has 3 rings (SSSR count). The molecule has 0 aromatic heterocycles. The van der Waals surface area contributed by atoms with Crippen molar-refractivity contribution in [3.63, 3.8) is 0 Å². The van der Waals surface area contributed by atoms with Gasteiger partial charge in [-0.15, -0.1) is 0 Å². The van der Waals surface area contributed by atoms with E-state index >= 15 is 0 Å². The Morgan fingerprint density at radius 1 is 1.05 bits per heavy atom. The number of carbonyl (C=O) groups is 2. The molecule has 10 nitrogen and oxygen atoms in total. The van der Waals surface area contributed by atoms with Crippen molar-refractivity contribution in [1.82, 2.24) is 14.9 Å². The van der Waals surface area contributed by atoms with E-state index in [9.17, 15) is 28.1 Å². The highest BCUT2D eigenvalue weighted by molar-refractivity contribution is 7.89. The topological polar surface area (TPSA) is 145 Å². The second kappa shape index (κ2) is 13.9. The van der Waals surface area contributed by atoms with Gasteiger partial charge >= 0.3 is 7.12 Å². The molecule has 0 bridgehead atoms. The molecule has 2 aromatic carbocycles. The third-order valence-electron chi connectivity index (χ3n) is 5.99. The van der Waals surface area contributed by atoms with Gasteiger partial charge in [0, 0.05) is 13.1 Å². The lowest BCUT2D eigenvalue weighted by molar-refractivity contribution is -0.138. The zero-order valence-electron chi connectivity index (χ0n) is 20.3. The summed E-state index contributed by atoms with van der Waals surface area (Å²) in [6.45, 7) is 1.33. The lowest BCUT2D eigenvalue weighted by Crippen LogP contribution is -2.55. The molecule has 0 aliphatic carbocycles. The van der Waals surface area contributed by atoms with Crippen LogP contribution in [0.5, 0.6) is 0 Å². The van der Waals surface area contributed by atoms with Gasteiger partial charge in [0.15, 0.2) is 0 Å². The third kappa shape index (κ3) is 8.80. The summed E-state index contributed by atoms with van der Waals surface area (Å²) in [5, 5.41) is 22.2. The first-order valence-electron chi connectivity index (χ1n) is 12.0. The molecule has 13 heteroatoms. The first-order chi connectivity index (χ1) is 17.7. The van der Waals surface area contributed by atoms with Gasteiger partial charge in [-0.1, -0.05) is 54.1 Å². The van der Waals surface area contributed by atoms with Gasteiger partial charge in [-0.3, -0.25) is 9.59 Å². The molecule has 4 N–H and O–H groups in total. The number of morpholine rings is 1. The molecular formula is C24H31BClN3O7S. The van der Waals surface area contributed by atoms with Crippen LogP contribution in [-0.2, 0) is 30.8 Å². The first kappa shape index (κ1) is 29.1. The number of hydrogen-bond acceptors (Lipinski definition) is 7. The highest BCUT2D eigenvalue weighted by atomic mass is 35.5. The van der Waals surface area contributed by atoms with Gasteiger partial charge in [-0.05, 0) is 37.0 Å². The minimum atomic E-state index is -4.28. The number of amides is 2. The summed E-state index contributed by atoms with van der Waals surface area (Å²) < 4.78 is 33.6. The molecule has 0 saturated carbocycles. The SMILES string of the molecule is O=C(N[C@@H](CCCc1ccccc1)B(O)O)[C@@H](CC(=O)N1CCOCC1)NS(=O)(=O)c1ccccc1Cl. The van der Waals surface area contributed by atoms with Gasteiger partial charge in [-0.2, -0.15) is 4.72 Å². The van der Waals surface area contributed by atoms with Crippen molar-refractivity contribution < 1.29 is 32.8 Å². The van der Waals surface area contributed by atoms with Crippen molar-refractivity contribution in [2.24, 2.45) is 0 Å². The number of benzene rings is 2. The molecule has 0 radical (unpaired) electrons. The Labute approximate surface area is 222 Å². The molecule has 1 heterocycles. The van der Waals surface area contributed by atoms with Crippen molar-refractivity contribution in [2.45, 2.75) is 42.6 Å². The second-order valence-electron chi connectivity index (χ2n) is 8.71. The fourth-order valence-corrected chi connectivity index (χ4v) is 5.68. The molecule has 2 atom stereocenters. The number of halogens is 1. The predicted octanol–water partition coefficient (Wildman–Crippen LogP) is 0.756. The normalized spacial score (nSPS) is 15.6. The van der Waals surface area contributed by atoms with E-state index in [-0.39, 0.29) is 16.3 Å². The number of hydrogen-bond donors (Lipinski definition) is 4. The lowest BCUT2D eigenvalue weighted by atomic mass is 9.76. The lowest BCUT2D eigenvalue weighted by Gasteiger charge is -2.29. The average Bonchev–Trinajstić information content (AvgIpc) is 2.88. The molecule has 37 heavy (non-hydrogen) atoms. The van der Waals surface area contributed by atoms with E-state index in [0.29, 0.717) is 39.1 Å². The van der Waals surface area contributed by atoms with Crippen molar-refractivity contribution in [3.8, 4) is 0 Å². The quantitative estimate of drug-likeness (QED) is 0.285. The number of sulfonamides is 1. The van der Waals surface area contributed by atoms with E-state index < -0.39 is 47.4 Å². The van der Waals surface area contributed by atoms with Crippen molar-refractivity contribution >= 4 is 40.6 Å². The van der Waals surface area contributed by atoms with E-state index in [1.54, 1.807) is 6.07 Å². The van der Waals surface area contributed by atoms with Gasteiger partial charge < -0.3 is 25.0 Å². The highest BCUT2D eigenvalue weighted by Gasteiger charge is 2.34. The average molecular weight is 552 g/mol. The summed E-state index contributed by atoms with van der Waals surface area (Å²) in [7, 11) is -6.16. The summed E-state index contributed by atoms with van der Waals surface area (Å²) in [5.74, 6) is -2.35. The molecule has 200 valence electrons. The first-order valence-corrected chi connectivity index (χ1v) is 13.9. The van der Waals surface area contributed by atoms with E-state index in [1.807, 2.05) is 30.3 Å². The van der Waals surface area contributed by atoms with Crippen LogP contribution in [0.3, 0.4) is 0 Å². The number of aryl methyl sites for hydroxylation is 1. The zero-order chi connectivity index (χ0) is 26.8. The van der Waals surface area contributed by atoms with Crippen LogP contribution in [0.25, 0.3) is 0 Å². The highest BCUT2D eigenvalue weighted by Crippen LogP contribution is 2.21. The maximum absolute atomic E-state index is 13.2. The summed E-state index contributed by atoms with van der Waals surface area (Å²) in [4.78, 5) is 27.3. The zero-order valence-corrected chi connectivity index (χ0v) is 21.8. The smallest absolute Gasteiger partial charge is 0.426 e. The van der Waals surface area contributed by atoms with Crippen molar-refractivity contribution in [1.29, 1.82) is 0 Å². The van der Waals surface area contributed by atoms with Crippen LogP contribution in [0.15, 0.2) is 59.5 Å². The van der Waals surface area contributed by atoms with E-state index in [2.05, 4.69) is 10.0 Å². The minimum Gasteiger partial charge on any atom is -0.426 e. The van der Waals surface area contributed by atoms with Gasteiger partial charge in [0.25, 0.3) is 0 Å². The number of rotatable bonds is 12. The fraction of sp³-hybridized carbons (Fsp3) is 0.417. The molecule has 2 aromatic rings. The Kier molecular flexibility index (Phi) is 10.9. The van der Waals surface area contributed by atoms with Crippen LogP contribution in [0.1, 0.15) is 24.8 Å². The standard InChI is InChI=1S/C24H31BClN3O7S/c26-19-10-4-5-11-21(19)37(34,35)28-20(17-23(30)29-13-15-36-16-14-29)24(31)27-22(25(32)33)12-6-9-18-7-2-1-3-8-18/h1-5,7-8,10-11,20,22,28,32-33H,6,9,12-17H2,(H,27,31)/t20-,22+/m1/s1. The van der Waals surface area contributed by atoms with Gasteiger partial charge in [0.2, 0.25) is 21.8 Å². The molecule has 2 amide bonds. The number of nitrogens with zero attached hydrogens (tertiary/aromatic N) is 1. The van der Waals surface area contributed by atoms with Gasteiger partial charge in [-0.25, -0.2) is 8.42 Å². The summed E-state index contributed by atoms with van der Waals surface area (Å²) in [5.41, 5.74) is 1.06.